The highest BCUT2D eigenvalue weighted by atomic mass is 35.5. The fourth-order valence-electron chi connectivity index (χ4n) is 2.56. The second kappa shape index (κ2) is 10.0. The van der Waals surface area contributed by atoms with Gasteiger partial charge in [0.25, 0.3) is 5.91 Å². The molecule has 1 aliphatic heterocycles. The number of hydrogen-bond acceptors (Lipinski definition) is 3. The molecule has 3 N–H and O–H groups in total. The third-order valence-corrected chi connectivity index (χ3v) is 3.79. The van der Waals surface area contributed by atoms with Crippen LogP contribution in [-0.4, -0.2) is 31.4 Å². The van der Waals surface area contributed by atoms with Gasteiger partial charge in [-0.25, -0.2) is 0 Å². The first-order valence-corrected chi connectivity index (χ1v) is 7.69. The molecule has 2 rings (SSSR count). The number of carbonyl (C=O) groups excluding carboxylic acids is 2. The summed E-state index contributed by atoms with van der Waals surface area (Å²) in [5.41, 5.74) is 1.03. The molecule has 1 aromatic rings. The Balaban J connectivity index is 0.00000264. The highest BCUT2D eigenvalue weighted by Crippen LogP contribution is 2.18. The number of anilines is 1. The highest BCUT2D eigenvalue weighted by Gasteiger charge is 2.17. The van der Waals surface area contributed by atoms with Gasteiger partial charge in [-0.2, -0.15) is 0 Å². The number of rotatable bonds is 7. The summed E-state index contributed by atoms with van der Waals surface area (Å²) >= 11 is 0. The molecular formula is C17H24ClN3O2. The van der Waals surface area contributed by atoms with Crippen molar-refractivity contribution in [1.82, 2.24) is 10.6 Å². The van der Waals surface area contributed by atoms with Gasteiger partial charge in [0.1, 0.15) is 0 Å². The normalized spacial score (nSPS) is 16.3. The van der Waals surface area contributed by atoms with Crippen molar-refractivity contribution in [3.63, 3.8) is 0 Å². The van der Waals surface area contributed by atoms with E-state index in [1.54, 1.807) is 30.3 Å². The van der Waals surface area contributed by atoms with E-state index >= 15 is 0 Å². The average molecular weight is 338 g/mol. The van der Waals surface area contributed by atoms with E-state index in [-0.39, 0.29) is 24.2 Å². The maximum atomic E-state index is 12.1. The number of hydrogen-bond donors (Lipinski definition) is 3. The molecule has 6 heteroatoms. The van der Waals surface area contributed by atoms with E-state index in [0.29, 0.717) is 30.1 Å². The number of nitrogens with one attached hydrogen (secondary N) is 3. The first-order valence-electron chi connectivity index (χ1n) is 7.69. The molecular weight excluding hydrogens is 314 g/mol. The van der Waals surface area contributed by atoms with E-state index in [1.165, 1.54) is 0 Å². The zero-order valence-electron chi connectivity index (χ0n) is 13.1. The monoisotopic (exact) mass is 337 g/mol. The van der Waals surface area contributed by atoms with Gasteiger partial charge in [0, 0.05) is 13.0 Å². The minimum Gasteiger partial charge on any atom is -0.349 e. The second-order valence-electron chi connectivity index (χ2n) is 5.49. The standard InChI is InChI=1S/C17H23N3O2.ClH/c1-2-10-19-17(22)14-5-3-4-6-15(14)20-16(21)8-7-13-9-11-18-12-13;/h2-6,13,18H,1,7-12H2,(H,19,22)(H,20,21);1H. The molecule has 0 spiro atoms. The van der Waals surface area contributed by atoms with Crippen molar-refractivity contribution >= 4 is 29.9 Å². The quantitative estimate of drug-likeness (QED) is 0.669. The Morgan fingerprint density at radius 1 is 1.35 bits per heavy atom. The topological polar surface area (TPSA) is 70.2 Å². The van der Waals surface area contributed by atoms with Crippen molar-refractivity contribution < 1.29 is 9.59 Å². The molecule has 1 aromatic carbocycles. The molecule has 0 radical (unpaired) electrons. The Kier molecular flexibility index (Phi) is 8.37. The molecule has 2 amide bonds. The first-order chi connectivity index (χ1) is 10.7. The third-order valence-electron chi connectivity index (χ3n) is 3.79. The molecule has 1 aliphatic rings. The zero-order chi connectivity index (χ0) is 15.8. The van der Waals surface area contributed by atoms with Crippen LogP contribution in [0.4, 0.5) is 5.69 Å². The van der Waals surface area contributed by atoms with Gasteiger partial charge >= 0.3 is 0 Å². The van der Waals surface area contributed by atoms with Crippen molar-refractivity contribution in [2.75, 3.05) is 25.0 Å². The van der Waals surface area contributed by atoms with Crippen molar-refractivity contribution in [1.29, 1.82) is 0 Å². The molecule has 1 saturated heterocycles. The summed E-state index contributed by atoms with van der Waals surface area (Å²) in [6.07, 6.45) is 4.11. The summed E-state index contributed by atoms with van der Waals surface area (Å²) in [6, 6.07) is 7.04. The molecule has 23 heavy (non-hydrogen) atoms. The average Bonchev–Trinajstić information content (AvgIpc) is 3.04. The van der Waals surface area contributed by atoms with Gasteiger partial charge in [-0.15, -0.1) is 19.0 Å². The molecule has 5 nitrogen and oxygen atoms in total. The van der Waals surface area contributed by atoms with E-state index in [9.17, 15) is 9.59 Å². The van der Waals surface area contributed by atoms with Crippen LogP contribution in [0, 0.1) is 5.92 Å². The summed E-state index contributed by atoms with van der Waals surface area (Å²) in [4.78, 5) is 24.1. The maximum absolute atomic E-state index is 12.1. The molecule has 1 fully saturated rings. The first kappa shape index (κ1) is 19.2. The summed E-state index contributed by atoms with van der Waals surface area (Å²) < 4.78 is 0. The molecule has 0 saturated carbocycles. The van der Waals surface area contributed by atoms with E-state index in [4.69, 9.17) is 0 Å². The van der Waals surface area contributed by atoms with Crippen LogP contribution in [0.25, 0.3) is 0 Å². The molecule has 0 aromatic heterocycles. The lowest BCUT2D eigenvalue weighted by molar-refractivity contribution is -0.116. The third kappa shape index (κ3) is 6.04. The molecule has 1 atom stereocenters. The van der Waals surface area contributed by atoms with Crippen LogP contribution in [0.2, 0.25) is 0 Å². The summed E-state index contributed by atoms with van der Waals surface area (Å²) in [6.45, 7) is 6.00. The van der Waals surface area contributed by atoms with Crippen LogP contribution in [0.1, 0.15) is 29.6 Å². The lowest BCUT2D eigenvalue weighted by Crippen LogP contribution is -2.25. The van der Waals surface area contributed by atoms with E-state index in [2.05, 4.69) is 22.5 Å². The van der Waals surface area contributed by atoms with Gasteiger partial charge in [0.15, 0.2) is 0 Å². The van der Waals surface area contributed by atoms with E-state index < -0.39 is 0 Å². The van der Waals surface area contributed by atoms with Gasteiger partial charge in [0.05, 0.1) is 11.3 Å². The zero-order valence-corrected chi connectivity index (χ0v) is 14.0. The minimum atomic E-state index is -0.212. The van der Waals surface area contributed by atoms with E-state index in [1.807, 2.05) is 0 Å². The summed E-state index contributed by atoms with van der Waals surface area (Å²) in [7, 11) is 0. The Morgan fingerprint density at radius 3 is 2.83 bits per heavy atom. The Bertz CT molecular complexity index is 542. The molecule has 1 unspecified atom stereocenters. The Morgan fingerprint density at radius 2 is 2.13 bits per heavy atom. The number of benzene rings is 1. The Labute approximate surface area is 143 Å². The lowest BCUT2D eigenvalue weighted by atomic mass is 10.0. The largest absolute Gasteiger partial charge is 0.349 e. The van der Waals surface area contributed by atoms with Crippen LogP contribution in [0.5, 0.6) is 0 Å². The molecule has 0 bridgehead atoms. The second-order valence-corrected chi connectivity index (χ2v) is 5.49. The Hall–Kier alpha value is -1.85. The van der Waals surface area contributed by atoms with Crippen molar-refractivity contribution in [3.05, 3.63) is 42.5 Å². The van der Waals surface area contributed by atoms with Gasteiger partial charge in [-0.1, -0.05) is 18.2 Å². The predicted molar refractivity (Wildman–Crippen MR) is 95.1 cm³/mol. The summed E-state index contributed by atoms with van der Waals surface area (Å²) in [5.74, 6) is 0.323. The van der Waals surface area contributed by atoms with Crippen LogP contribution < -0.4 is 16.0 Å². The van der Waals surface area contributed by atoms with E-state index in [0.717, 1.165) is 25.9 Å². The molecule has 1 heterocycles. The number of carbonyl (C=O) groups is 2. The van der Waals surface area contributed by atoms with Crippen molar-refractivity contribution in [3.8, 4) is 0 Å². The van der Waals surface area contributed by atoms with Gasteiger partial charge < -0.3 is 16.0 Å². The minimum absolute atomic E-state index is 0. The lowest BCUT2D eigenvalue weighted by Gasteiger charge is -2.12. The smallest absolute Gasteiger partial charge is 0.253 e. The number of para-hydroxylation sites is 1. The number of amides is 2. The van der Waals surface area contributed by atoms with Gasteiger partial charge in [-0.3, -0.25) is 9.59 Å². The van der Waals surface area contributed by atoms with Gasteiger partial charge in [-0.05, 0) is 44.0 Å². The van der Waals surface area contributed by atoms with Crippen LogP contribution >= 0.6 is 12.4 Å². The maximum Gasteiger partial charge on any atom is 0.253 e. The summed E-state index contributed by atoms with van der Waals surface area (Å²) in [5, 5.41) is 8.86. The fraction of sp³-hybridized carbons (Fsp3) is 0.412. The molecule has 126 valence electrons. The van der Waals surface area contributed by atoms with Crippen molar-refractivity contribution in [2.24, 2.45) is 5.92 Å². The van der Waals surface area contributed by atoms with Gasteiger partial charge in [0.2, 0.25) is 5.91 Å². The highest BCUT2D eigenvalue weighted by molar-refractivity contribution is 6.03. The van der Waals surface area contributed by atoms with Crippen LogP contribution in [0.15, 0.2) is 36.9 Å². The van der Waals surface area contributed by atoms with Crippen molar-refractivity contribution in [2.45, 2.75) is 19.3 Å². The predicted octanol–water partition coefficient (Wildman–Crippen LogP) is 2.35. The van der Waals surface area contributed by atoms with Crippen LogP contribution in [0.3, 0.4) is 0 Å². The van der Waals surface area contributed by atoms with Crippen LogP contribution in [-0.2, 0) is 4.79 Å². The number of halogens is 1. The molecule has 0 aliphatic carbocycles. The SMILES string of the molecule is C=CCNC(=O)c1ccccc1NC(=O)CCC1CCNC1.Cl. The fourth-order valence-corrected chi connectivity index (χ4v) is 2.56.